The molecule has 2 nitrogen and oxygen atoms in total. The van der Waals surface area contributed by atoms with Crippen LogP contribution < -0.4 is 0 Å². The number of rotatable bonds is 4. The van der Waals surface area contributed by atoms with Gasteiger partial charge in [-0.05, 0) is 41.8 Å². The van der Waals surface area contributed by atoms with Gasteiger partial charge in [-0.15, -0.1) is 0 Å². The Bertz CT molecular complexity index is 716. The van der Waals surface area contributed by atoms with Gasteiger partial charge in [0, 0.05) is 0 Å². The van der Waals surface area contributed by atoms with Crippen LogP contribution in [0.5, 0.6) is 0 Å². The molecule has 22 heavy (non-hydrogen) atoms. The van der Waals surface area contributed by atoms with E-state index in [0.29, 0.717) is 12.0 Å². The minimum atomic E-state index is -1.01. The van der Waals surface area contributed by atoms with Crippen LogP contribution in [0.25, 0.3) is 0 Å². The highest BCUT2D eigenvalue weighted by Gasteiger charge is 2.08. The fourth-order valence-electron chi connectivity index (χ4n) is 1.75. The molecule has 0 atom stereocenters. The lowest BCUT2D eigenvalue weighted by molar-refractivity contribution is 0.508. The van der Waals surface area contributed by atoms with Crippen LogP contribution in [0.3, 0.4) is 0 Å². The molecule has 0 aliphatic rings. The second kappa shape index (κ2) is 6.98. The highest BCUT2D eigenvalue weighted by Crippen LogP contribution is 2.14. The highest BCUT2D eigenvalue weighted by molar-refractivity contribution is 5.83. The molecule has 0 aliphatic heterocycles. The van der Waals surface area contributed by atoms with Crippen molar-refractivity contribution in [3.05, 3.63) is 70.3 Å². The molecule has 0 N–H and O–H groups in total. The molecule has 0 unspecified atom stereocenters. The molecule has 0 saturated carbocycles. The van der Waals surface area contributed by atoms with E-state index in [4.69, 9.17) is 0 Å². The summed E-state index contributed by atoms with van der Waals surface area (Å²) in [5, 5.41) is 7.07. The third-order valence-corrected chi connectivity index (χ3v) is 2.95. The fourth-order valence-corrected chi connectivity index (χ4v) is 1.75. The Hall–Kier alpha value is -2.50. The van der Waals surface area contributed by atoms with E-state index in [-0.39, 0.29) is 11.1 Å². The van der Waals surface area contributed by atoms with Crippen molar-refractivity contribution in [2.24, 2.45) is 10.2 Å². The molecule has 0 fully saturated rings. The summed E-state index contributed by atoms with van der Waals surface area (Å²) >= 11 is 0. The topological polar surface area (TPSA) is 24.7 Å². The van der Waals surface area contributed by atoms with Gasteiger partial charge >= 0.3 is 0 Å². The zero-order valence-electron chi connectivity index (χ0n) is 11.7. The lowest BCUT2D eigenvalue weighted by Gasteiger charge is -2.01. The summed E-state index contributed by atoms with van der Waals surface area (Å²) in [4.78, 5) is 0. The lowest BCUT2D eigenvalue weighted by Crippen LogP contribution is -1.96. The maximum atomic E-state index is 13.7. The van der Waals surface area contributed by atoms with Crippen LogP contribution in [-0.4, -0.2) is 12.4 Å². The minimum absolute atomic E-state index is 0.276. The molecule has 114 valence electrons. The second-order valence-corrected chi connectivity index (χ2v) is 4.49. The predicted octanol–water partition coefficient (Wildman–Crippen LogP) is 4.26. The molecule has 0 bridgehead atoms. The van der Waals surface area contributed by atoms with Gasteiger partial charge in [0.2, 0.25) is 0 Å². The molecule has 2 aromatic rings. The summed E-state index contributed by atoms with van der Waals surface area (Å²) < 4.78 is 53.0. The van der Waals surface area contributed by atoms with E-state index >= 15 is 0 Å². The van der Waals surface area contributed by atoms with E-state index in [0.717, 1.165) is 24.6 Å². The molecule has 0 aromatic heterocycles. The molecule has 0 saturated heterocycles. The van der Waals surface area contributed by atoms with Crippen molar-refractivity contribution in [1.82, 2.24) is 0 Å². The van der Waals surface area contributed by atoms with Crippen LogP contribution in [0.2, 0.25) is 0 Å². The van der Waals surface area contributed by atoms with Crippen LogP contribution in [0.4, 0.5) is 17.6 Å². The Morgan fingerprint density at radius 1 is 0.818 bits per heavy atom. The van der Waals surface area contributed by atoms with Crippen LogP contribution in [0.1, 0.15) is 23.6 Å². The summed E-state index contributed by atoms with van der Waals surface area (Å²) in [5.74, 6) is -3.45. The standard InChI is InChI=1S/C16H12F4N2/c1-2-10-5-14(18)12(15(19)6-10)9-22-21-8-11-3-4-13(17)16(20)7-11/h3-9H,2H2,1H3. The average molecular weight is 308 g/mol. The smallest absolute Gasteiger partial charge is 0.159 e. The number of benzene rings is 2. The normalized spacial score (nSPS) is 11.7. The Labute approximate surface area is 124 Å². The zero-order chi connectivity index (χ0) is 16.1. The molecule has 6 heteroatoms. The lowest BCUT2D eigenvalue weighted by atomic mass is 10.1. The quantitative estimate of drug-likeness (QED) is 0.458. The predicted molar refractivity (Wildman–Crippen MR) is 77.3 cm³/mol. The molecule has 2 rings (SSSR count). The van der Waals surface area contributed by atoms with Gasteiger partial charge in [-0.3, -0.25) is 0 Å². The van der Waals surface area contributed by atoms with Crippen LogP contribution in [-0.2, 0) is 6.42 Å². The number of nitrogens with zero attached hydrogens (tertiary/aromatic N) is 2. The van der Waals surface area contributed by atoms with Crippen molar-refractivity contribution in [3.63, 3.8) is 0 Å². The monoisotopic (exact) mass is 308 g/mol. The van der Waals surface area contributed by atoms with Crippen molar-refractivity contribution in [3.8, 4) is 0 Å². The first-order valence-electron chi connectivity index (χ1n) is 6.50. The highest BCUT2D eigenvalue weighted by atomic mass is 19.2. The Balaban J connectivity index is 2.15. The molecular formula is C16H12F4N2. The van der Waals surface area contributed by atoms with Crippen molar-refractivity contribution >= 4 is 12.4 Å². The summed E-state index contributed by atoms with van der Waals surface area (Å²) in [6.07, 6.45) is 2.59. The Morgan fingerprint density at radius 3 is 2.05 bits per heavy atom. The third kappa shape index (κ3) is 3.78. The van der Waals surface area contributed by atoms with E-state index in [1.165, 1.54) is 18.2 Å². The molecule has 2 aromatic carbocycles. The van der Waals surface area contributed by atoms with Gasteiger partial charge in [-0.2, -0.15) is 10.2 Å². The average Bonchev–Trinajstić information content (AvgIpc) is 2.49. The summed E-state index contributed by atoms with van der Waals surface area (Å²) in [6, 6.07) is 5.64. The number of hydrogen-bond acceptors (Lipinski definition) is 2. The number of halogens is 4. The zero-order valence-corrected chi connectivity index (χ0v) is 11.7. The van der Waals surface area contributed by atoms with E-state index in [2.05, 4.69) is 10.2 Å². The minimum Gasteiger partial charge on any atom is -0.206 e. The van der Waals surface area contributed by atoms with Gasteiger partial charge in [-0.25, -0.2) is 17.6 Å². The molecule has 0 amide bonds. The van der Waals surface area contributed by atoms with E-state index in [1.807, 2.05) is 0 Å². The van der Waals surface area contributed by atoms with Gasteiger partial charge in [0.1, 0.15) is 11.6 Å². The SMILES string of the molecule is CCc1cc(F)c(C=NN=Cc2ccc(F)c(F)c2)c(F)c1. The fraction of sp³-hybridized carbons (Fsp3) is 0.125. The van der Waals surface area contributed by atoms with Crippen molar-refractivity contribution in [1.29, 1.82) is 0 Å². The van der Waals surface area contributed by atoms with Gasteiger partial charge in [0.25, 0.3) is 0 Å². The molecule has 0 spiro atoms. The van der Waals surface area contributed by atoms with Gasteiger partial charge in [0.15, 0.2) is 11.6 Å². The first-order valence-corrected chi connectivity index (χ1v) is 6.50. The maximum absolute atomic E-state index is 13.7. The van der Waals surface area contributed by atoms with E-state index in [1.54, 1.807) is 6.92 Å². The van der Waals surface area contributed by atoms with Crippen LogP contribution in [0.15, 0.2) is 40.5 Å². The molecular weight excluding hydrogens is 296 g/mol. The largest absolute Gasteiger partial charge is 0.206 e. The number of aryl methyl sites for hydroxylation is 1. The first kappa shape index (κ1) is 15.9. The van der Waals surface area contributed by atoms with E-state index < -0.39 is 23.3 Å². The first-order chi connectivity index (χ1) is 10.5. The Kier molecular flexibility index (Phi) is 5.04. The molecule has 0 radical (unpaired) electrons. The van der Waals surface area contributed by atoms with Gasteiger partial charge < -0.3 is 0 Å². The van der Waals surface area contributed by atoms with Crippen LogP contribution >= 0.6 is 0 Å². The summed E-state index contributed by atoms with van der Waals surface area (Å²) in [7, 11) is 0. The molecule has 0 heterocycles. The summed E-state index contributed by atoms with van der Waals surface area (Å²) in [6.45, 7) is 1.79. The number of hydrogen-bond donors (Lipinski definition) is 0. The van der Waals surface area contributed by atoms with Gasteiger partial charge in [0.05, 0.1) is 18.0 Å². The van der Waals surface area contributed by atoms with Crippen molar-refractivity contribution in [2.45, 2.75) is 13.3 Å². The maximum Gasteiger partial charge on any atom is 0.159 e. The second-order valence-electron chi connectivity index (χ2n) is 4.49. The molecule has 0 aliphatic carbocycles. The van der Waals surface area contributed by atoms with E-state index in [9.17, 15) is 17.6 Å². The van der Waals surface area contributed by atoms with Crippen molar-refractivity contribution < 1.29 is 17.6 Å². The summed E-state index contributed by atoms with van der Waals surface area (Å²) in [5.41, 5.74) is 0.510. The van der Waals surface area contributed by atoms with Gasteiger partial charge in [-0.1, -0.05) is 13.0 Å². The van der Waals surface area contributed by atoms with Crippen molar-refractivity contribution in [2.75, 3.05) is 0 Å². The third-order valence-electron chi connectivity index (χ3n) is 2.95. The van der Waals surface area contributed by atoms with Crippen LogP contribution in [0, 0.1) is 23.3 Å². The Morgan fingerprint density at radius 2 is 1.45 bits per heavy atom.